The lowest BCUT2D eigenvalue weighted by Crippen LogP contribution is -2.00. The average molecular weight is 616 g/mol. The molecule has 3 aromatic heterocycles. The van der Waals surface area contributed by atoms with Gasteiger partial charge in [-0.25, -0.2) is 15.0 Å². The van der Waals surface area contributed by atoms with Crippen LogP contribution in [0.3, 0.4) is 0 Å². The maximum atomic E-state index is 6.70. The Bertz CT molecular complexity index is 2780. The maximum absolute atomic E-state index is 6.70. The lowest BCUT2D eigenvalue weighted by molar-refractivity contribution is 0.665. The molecule has 0 amide bonds. The van der Waals surface area contributed by atoms with Crippen molar-refractivity contribution in [2.75, 3.05) is 0 Å². The second-order valence-electron chi connectivity index (χ2n) is 12.0. The molecular weight excluding hydrogens is 590 g/mol. The summed E-state index contributed by atoms with van der Waals surface area (Å²) in [6.07, 6.45) is 0. The maximum Gasteiger partial charge on any atom is 0.164 e. The van der Waals surface area contributed by atoms with E-state index in [9.17, 15) is 0 Å². The van der Waals surface area contributed by atoms with Gasteiger partial charge in [0.15, 0.2) is 17.5 Å². The minimum absolute atomic E-state index is 0.583. The highest BCUT2D eigenvalue weighted by molar-refractivity contribution is 6.19. The van der Waals surface area contributed by atoms with Crippen LogP contribution in [0.15, 0.2) is 160 Å². The molecule has 0 bridgehead atoms. The van der Waals surface area contributed by atoms with Gasteiger partial charge in [-0.2, -0.15) is 0 Å². The zero-order valence-electron chi connectivity index (χ0n) is 25.6. The predicted octanol–water partition coefficient (Wildman–Crippen LogP) is 11.5. The first kappa shape index (κ1) is 26.6. The number of hydrogen-bond donors (Lipinski definition) is 0. The molecule has 5 heteroatoms. The molecule has 3 heterocycles. The van der Waals surface area contributed by atoms with E-state index in [0.717, 1.165) is 77.1 Å². The molecule has 5 nitrogen and oxygen atoms in total. The van der Waals surface area contributed by atoms with Crippen LogP contribution >= 0.6 is 0 Å². The van der Waals surface area contributed by atoms with Gasteiger partial charge in [0.25, 0.3) is 0 Å². The van der Waals surface area contributed by atoms with E-state index in [0.29, 0.717) is 17.5 Å². The van der Waals surface area contributed by atoms with Crippen molar-refractivity contribution in [2.24, 2.45) is 0 Å². The Morgan fingerprint density at radius 2 is 0.917 bits per heavy atom. The quantitative estimate of drug-likeness (QED) is 0.197. The summed E-state index contributed by atoms with van der Waals surface area (Å²) in [5.41, 5.74) is 7.88. The van der Waals surface area contributed by atoms with Crippen molar-refractivity contribution in [1.82, 2.24) is 15.0 Å². The van der Waals surface area contributed by atoms with E-state index >= 15 is 0 Å². The molecular formula is C43H25N3O2. The van der Waals surface area contributed by atoms with Crippen LogP contribution in [0.2, 0.25) is 0 Å². The number of rotatable bonds is 4. The molecule has 0 aliphatic heterocycles. The highest BCUT2D eigenvalue weighted by Gasteiger charge is 2.22. The predicted molar refractivity (Wildman–Crippen MR) is 194 cm³/mol. The lowest BCUT2D eigenvalue weighted by atomic mass is 9.96. The van der Waals surface area contributed by atoms with Crippen LogP contribution < -0.4 is 0 Å². The number of benzene rings is 7. The van der Waals surface area contributed by atoms with E-state index in [1.54, 1.807) is 0 Å². The van der Waals surface area contributed by atoms with Crippen molar-refractivity contribution in [1.29, 1.82) is 0 Å². The van der Waals surface area contributed by atoms with Crippen molar-refractivity contribution in [2.45, 2.75) is 0 Å². The van der Waals surface area contributed by atoms with E-state index in [1.807, 2.05) is 78.9 Å². The van der Waals surface area contributed by atoms with Gasteiger partial charge < -0.3 is 8.83 Å². The van der Waals surface area contributed by atoms with Crippen LogP contribution in [0.4, 0.5) is 0 Å². The van der Waals surface area contributed by atoms with Gasteiger partial charge in [-0.1, -0.05) is 121 Å². The number of nitrogens with zero attached hydrogens (tertiary/aromatic N) is 3. The van der Waals surface area contributed by atoms with E-state index in [-0.39, 0.29) is 0 Å². The van der Waals surface area contributed by atoms with Crippen molar-refractivity contribution in [3.8, 4) is 45.3 Å². The van der Waals surface area contributed by atoms with Gasteiger partial charge >= 0.3 is 0 Å². The summed E-state index contributed by atoms with van der Waals surface area (Å²) < 4.78 is 13.3. The fraction of sp³-hybridized carbons (Fsp3) is 0. The Kier molecular flexibility index (Phi) is 5.81. The molecule has 0 saturated heterocycles. The van der Waals surface area contributed by atoms with Crippen molar-refractivity contribution < 1.29 is 8.83 Å². The van der Waals surface area contributed by atoms with Crippen molar-refractivity contribution in [3.63, 3.8) is 0 Å². The standard InChI is InChI=1S/C43H25N3O2/c1-3-12-26(13-4-1)41-44-42(27-14-5-2-6-15-27)46-43(45-41)34-23-22-32(40-38(34)33-18-9-10-21-36(33)47-40)30-19-11-20-31-35-24-28-16-7-8-17-29(28)25-37(35)48-39(30)31/h1-25H. The number of furan rings is 2. The fourth-order valence-corrected chi connectivity index (χ4v) is 6.85. The topological polar surface area (TPSA) is 65.0 Å². The number of aromatic nitrogens is 3. The smallest absolute Gasteiger partial charge is 0.164 e. The Labute approximate surface area is 274 Å². The minimum atomic E-state index is 0.583. The van der Waals surface area contributed by atoms with Crippen molar-refractivity contribution in [3.05, 3.63) is 152 Å². The summed E-state index contributed by atoms with van der Waals surface area (Å²) in [4.78, 5) is 15.0. The molecule has 0 unspecified atom stereocenters. The Balaban J connectivity index is 1.25. The second-order valence-corrected chi connectivity index (χ2v) is 12.0. The van der Waals surface area contributed by atoms with Crippen LogP contribution in [0.5, 0.6) is 0 Å². The molecule has 7 aromatic carbocycles. The molecule has 0 atom stereocenters. The van der Waals surface area contributed by atoms with Gasteiger partial charge in [0.2, 0.25) is 0 Å². The van der Waals surface area contributed by atoms with Crippen LogP contribution in [0, 0.1) is 0 Å². The average Bonchev–Trinajstić information content (AvgIpc) is 3.73. The molecule has 0 spiro atoms. The Morgan fingerprint density at radius 1 is 0.354 bits per heavy atom. The SMILES string of the molecule is c1ccc(-c2nc(-c3ccccc3)nc(-c3ccc(-c4cccc5c4oc4cc6ccccc6cc45)c4oc5ccccc5c34)n2)cc1. The summed E-state index contributed by atoms with van der Waals surface area (Å²) >= 11 is 0. The number of fused-ring (bicyclic) bond motifs is 7. The summed E-state index contributed by atoms with van der Waals surface area (Å²) in [5, 5.41) is 6.44. The molecule has 0 saturated carbocycles. The van der Waals surface area contributed by atoms with Gasteiger partial charge in [-0.3, -0.25) is 0 Å². The van der Waals surface area contributed by atoms with Crippen LogP contribution in [0.25, 0.3) is 99.9 Å². The molecule has 0 fully saturated rings. The Morgan fingerprint density at radius 3 is 1.67 bits per heavy atom. The lowest BCUT2D eigenvalue weighted by Gasteiger charge is -2.11. The van der Waals surface area contributed by atoms with Gasteiger partial charge in [0.1, 0.15) is 22.3 Å². The monoisotopic (exact) mass is 615 g/mol. The van der Waals surface area contributed by atoms with E-state index < -0.39 is 0 Å². The zero-order valence-corrected chi connectivity index (χ0v) is 25.6. The number of para-hydroxylation sites is 2. The molecule has 224 valence electrons. The Hall–Kier alpha value is -6.59. The third-order valence-electron chi connectivity index (χ3n) is 9.12. The first-order valence-electron chi connectivity index (χ1n) is 15.9. The van der Waals surface area contributed by atoms with Gasteiger partial charge in [0.05, 0.1) is 0 Å². The van der Waals surface area contributed by atoms with Crippen LogP contribution in [-0.2, 0) is 0 Å². The van der Waals surface area contributed by atoms with Crippen LogP contribution in [-0.4, -0.2) is 15.0 Å². The molecule has 0 aliphatic carbocycles. The zero-order chi connectivity index (χ0) is 31.6. The molecule has 10 aromatic rings. The summed E-state index contributed by atoms with van der Waals surface area (Å²) in [6, 6.07) is 51.5. The third kappa shape index (κ3) is 4.15. The normalized spacial score (nSPS) is 11.8. The molecule has 0 aliphatic rings. The highest BCUT2D eigenvalue weighted by atomic mass is 16.3. The molecule has 10 rings (SSSR count). The third-order valence-corrected chi connectivity index (χ3v) is 9.12. The number of hydrogen-bond acceptors (Lipinski definition) is 5. The largest absolute Gasteiger partial charge is 0.455 e. The molecule has 48 heavy (non-hydrogen) atoms. The highest BCUT2D eigenvalue weighted by Crippen LogP contribution is 2.44. The van der Waals surface area contributed by atoms with Gasteiger partial charge in [0, 0.05) is 49.4 Å². The summed E-state index contributed by atoms with van der Waals surface area (Å²) in [6.45, 7) is 0. The fourth-order valence-electron chi connectivity index (χ4n) is 6.85. The molecule has 0 N–H and O–H groups in total. The second kappa shape index (κ2) is 10.5. The van der Waals surface area contributed by atoms with Crippen molar-refractivity contribution >= 4 is 54.6 Å². The first-order valence-corrected chi connectivity index (χ1v) is 15.9. The summed E-state index contributed by atoms with van der Waals surface area (Å²) in [5.74, 6) is 1.81. The van der Waals surface area contributed by atoms with Gasteiger partial charge in [-0.05, 0) is 41.1 Å². The van der Waals surface area contributed by atoms with E-state index in [1.165, 1.54) is 5.39 Å². The van der Waals surface area contributed by atoms with E-state index in [2.05, 4.69) is 72.8 Å². The first-order chi connectivity index (χ1) is 23.8. The van der Waals surface area contributed by atoms with Crippen LogP contribution in [0.1, 0.15) is 0 Å². The van der Waals surface area contributed by atoms with Gasteiger partial charge in [-0.15, -0.1) is 0 Å². The van der Waals surface area contributed by atoms with E-state index in [4.69, 9.17) is 23.8 Å². The minimum Gasteiger partial charge on any atom is -0.455 e. The molecule has 0 radical (unpaired) electrons. The summed E-state index contributed by atoms with van der Waals surface area (Å²) in [7, 11) is 0.